The number of hydrogen-bond acceptors (Lipinski definition) is 2. The van der Waals surface area contributed by atoms with Gasteiger partial charge in [-0.3, -0.25) is 4.79 Å². The molecular weight excluding hydrogens is 198 g/mol. The van der Waals surface area contributed by atoms with Gasteiger partial charge in [-0.2, -0.15) is 0 Å². The zero-order valence-electron chi connectivity index (χ0n) is 9.83. The minimum Gasteiger partial charge on any atom is -0.330 e. The summed E-state index contributed by atoms with van der Waals surface area (Å²) in [6.07, 6.45) is 3.99. The van der Waals surface area contributed by atoms with Gasteiger partial charge >= 0.3 is 0 Å². The molecule has 0 aromatic heterocycles. The Balaban J connectivity index is 1.96. The van der Waals surface area contributed by atoms with Gasteiger partial charge in [-0.25, -0.2) is 0 Å². The molecule has 0 spiro atoms. The van der Waals surface area contributed by atoms with E-state index in [2.05, 4.69) is 0 Å². The van der Waals surface area contributed by atoms with Gasteiger partial charge < -0.3 is 5.73 Å². The highest BCUT2D eigenvalue weighted by molar-refractivity contribution is 5.97. The normalized spacial score (nSPS) is 17.1. The summed E-state index contributed by atoms with van der Waals surface area (Å²) in [5.74, 6) is 0.262. The fourth-order valence-corrected chi connectivity index (χ4v) is 2.13. The molecule has 1 aromatic carbocycles. The standard InChI is InChI=1S/C14H19NO/c1-11-4-2-3-5-12(11)13(16)6-7-14(10-15)8-9-14/h2-5H,6-10,15H2,1H3. The van der Waals surface area contributed by atoms with Gasteiger partial charge in [0, 0.05) is 12.0 Å². The number of hydrogen-bond donors (Lipinski definition) is 1. The number of benzene rings is 1. The quantitative estimate of drug-likeness (QED) is 0.770. The van der Waals surface area contributed by atoms with E-state index in [-0.39, 0.29) is 5.78 Å². The molecule has 1 saturated carbocycles. The summed E-state index contributed by atoms with van der Waals surface area (Å²) >= 11 is 0. The maximum atomic E-state index is 12.0. The van der Waals surface area contributed by atoms with E-state index < -0.39 is 0 Å². The molecule has 2 nitrogen and oxygen atoms in total. The van der Waals surface area contributed by atoms with Crippen molar-refractivity contribution in [2.24, 2.45) is 11.1 Å². The summed E-state index contributed by atoms with van der Waals surface area (Å²) < 4.78 is 0. The van der Waals surface area contributed by atoms with Crippen LogP contribution < -0.4 is 5.73 Å². The van der Waals surface area contributed by atoms with Crippen molar-refractivity contribution in [2.45, 2.75) is 32.6 Å². The van der Waals surface area contributed by atoms with E-state index in [0.29, 0.717) is 11.8 Å². The van der Waals surface area contributed by atoms with Crippen LogP contribution in [-0.2, 0) is 0 Å². The lowest BCUT2D eigenvalue weighted by atomic mass is 9.95. The number of carbonyl (C=O) groups excluding carboxylic acids is 1. The summed E-state index contributed by atoms with van der Waals surface area (Å²) in [7, 11) is 0. The van der Waals surface area contributed by atoms with E-state index in [1.807, 2.05) is 31.2 Å². The molecule has 2 N–H and O–H groups in total. The lowest BCUT2D eigenvalue weighted by molar-refractivity contribution is 0.0971. The third-order valence-electron chi connectivity index (χ3n) is 3.72. The first kappa shape index (κ1) is 11.3. The zero-order chi connectivity index (χ0) is 11.6. The highest BCUT2D eigenvalue weighted by atomic mass is 16.1. The molecule has 1 fully saturated rings. The monoisotopic (exact) mass is 217 g/mol. The SMILES string of the molecule is Cc1ccccc1C(=O)CCC1(CN)CC1. The van der Waals surface area contributed by atoms with E-state index in [9.17, 15) is 4.79 Å². The Kier molecular flexibility index (Phi) is 3.10. The van der Waals surface area contributed by atoms with Crippen LogP contribution in [0.2, 0.25) is 0 Å². The number of ketones is 1. The molecule has 1 aliphatic carbocycles. The van der Waals surface area contributed by atoms with Crippen LogP contribution in [0.5, 0.6) is 0 Å². The number of aryl methyl sites for hydroxylation is 1. The Labute approximate surface area is 96.8 Å². The average Bonchev–Trinajstić information content (AvgIpc) is 3.07. The molecule has 16 heavy (non-hydrogen) atoms. The van der Waals surface area contributed by atoms with Gasteiger partial charge in [0.05, 0.1) is 0 Å². The molecule has 0 radical (unpaired) electrons. The van der Waals surface area contributed by atoms with Crippen LogP contribution >= 0.6 is 0 Å². The second-order valence-corrected chi connectivity index (χ2v) is 4.94. The number of Topliss-reactive ketones (excluding diaryl/α,β-unsaturated/α-hetero) is 1. The van der Waals surface area contributed by atoms with Crippen LogP contribution in [0.4, 0.5) is 0 Å². The Morgan fingerprint density at radius 2 is 2.06 bits per heavy atom. The molecule has 2 rings (SSSR count). The predicted octanol–water partition coefficient (Wildman–Crippen LogP) is 2.70. The molecule has 0 amide bonds. The van der Waals surface area contributed by atoms with Gasteiger partial charge in [0.1, 0.15) is 0 Å². The molecular formula is C14H19NO. The van der Waals surface area contributed by atoms with Crippen LogP contribution in [0.3, 0.4) is 0 Å². The zero-order valence-corrected chi connectivity index (χ0v) is 9.83. The van der Waals surface area contributed by atoms with Crippen molar-refractivity contribution in [1.82, 2.24) is 0 Å². The molecule has 0 bridgehead atoms. The summed E-state index contributed by atoms with van der Waals surface area (Å²) in [4.78, 5) is 12.0. The van der Waals surface area contributed by atoms with Crippen molar-refractivity contribution in [3.05, 3.63) is 35.4 Å². The number of carbonyl (C=O) groups is 1. The van der Waals surface area contributed by atoms with Crippen LogP contribution in [-0.4, -0.2) is 12.3 Å². The first-order valence-electron chi connectivity index (χ1n) is 5.96. The van der Waals surface area contributed by atoms with Crippen LogP contribution in [0.15, 0.2) is 24.3 Å². The molecule has 86 valence electrons. The van der Waals surface area contributed by atoms with Crippen molar-refractivity contribution >= 4 is 5.78 Å². The van der Waals surface area contributed by atoms with Crippen molar-refractivity contribution < 1.29 is 4.79 Å². The molecule has 2 heteroatoms. The van der Waals surface area contributed by atoms with E-state index in [1.165, 1.54) is 12.8 Å². The fraction of sp³-hybridized carbons (Fsp3) is 0.500. The first-order valence-corrected chi connectivity index (χ1v) is 5.96. The fourth-order valence-electron chi connectivity index (χ4n) is 2.13. The van der Waals surface area contributed by atoms with Gasteiger partial charge in [0.25, 0.3) is 0 Å². The van der Waals surface area contributed by atoms with E-state index >= 15 is 0 Å². The molecule has 1 aromatic rings. The Hall–Kier alpha value is -1.15. The minimum atomic E-state index is 0.262. The Bertz CT molecular complexity index is 393. The van der Waals surface area contributed by atoms with Gasteiger partial charge in [0.15, 0.2) is 5.78 Å². The van der Waals surface area contributed by atoms with Crippen LogP contribution in [0, 0.1) is 12.3 Å². The van der Waals surface area contributed by atoms with Crippen molar-refractivity contribution in [1.29, 1.82) is 0 Å². The number of rotatable bonds is 5. The van der Waals surface area contributed by atoms with Crippen molar-refractivity contribution in [3.63, 3.8) is 0 Å². The van der Waals surface area contributed by atoms with Gasteiger partial charge in [-0.05, 0) is 43.7 Å². The van der Waals surface area contributed by atoms with Crippen LogP contribution in [0.25, 0.3) is 0 Å². The molecule has 0 heterocycles. The summed E-state index contributed by atoms with van der Waals surface area (Å²) in [6.45, 7) is 2.72. The molecule has 0 saturated heterocycles. The molecule has 0 aliphatic heterocycles. The lowest BCUT2D eigenvalue weighted by Gasteiger charge is -2.11. The third-order valence-corrected chi connectivity index (χ3v) is 3.72. The predicted molar refractivity (Wildman–Crippen MR) is 65.5 cm³/mol. The summed E-state index contributed by atoms with van der Waals surface area (Å²) in [5, 5.41) is 0. The minimum absolute atomic E-state index is 0.262. The molecule has 0 atom stereocenters. The van der Waals surface area contributed by atoms with Gasteiger partial charge in [0.2, 0.25) is 0 Å². The van der Waals surface area contributed by atoms with Gasteiger partial charge in [-0.15, -0.1) is 0 Å². The van der Waals surface area contributed by atoms with Crippen molar-refractivity contribution in [2.75, 3.05) is 6.54 Å². The second kappa shape index (κ2) is 4.38. The van der Waals surface area contributed by atoms with Crippen molar-refractivity contribution in [3.8, 4) is 0 Å². The Morgan fingerprint density at radius 1 is 1.38 bits per heavy atom. The first-order chi connectivity index (χ1) is 7.67. The smallest absolute Gasteiger partial charge is 0.163 e. The van der Waals surface area contributed by atoms with E-state index in [0.717, 1.165) is 24.1 Å². The second-order valence-electron chi connectivity index (χ2n) is 4.94. The maximum absolute atomic E-state index is 12.0. The average molecular weight is 217 g/mol. The summed E-state index contributed by atoms with van der Waals surface area (Å²) in [6, 6.07) is 7.80. The maximum Gasteiger partial charge on any atom is 0.163 e. The van der Waals surface area contributed by atoms with E-state index in [4.69, 9.17) is 5.73 Å². The summed E-state index contributed by atoms with van der Waals surface area (Å²) in [5.41, 5.74) is 7.96. The largest absolute Gasteiger partial charge is 0.330 e. The Morgan fingerprint density at radius 3 is 2.62 bits per heavy atom. The lowest BCUT2D eigenvalue weighted by Crippen LogP contribution is -2.17. The van der Waals surface area contributed by atoms with Gasteiger partial charge in [-0.1, -0.05) is 24.3 Å². The number of nitrogens with two attached hydrogens (primary N) is 1. The van der Waals surface area contributed by atoms with E-state index in [1.54, 1.807) is 0 Å². The third kappa shape index (κ3) is 2.33. The topological polar surface area (TPSA) is 43.1 Å². The highest BCUT2D eigenvalue weighted by Crippen LogP contribution is 2.48. The van der Waals surface area contributed by atoms with Crippen LogP contribution in [0.1, 0.15) is 41.6 Å². The molecule has 0 unspecified atom stereocenters. The highest BCUT2D eigenvalue weighted by Gasteiger charge is 2.40. The molecule has 1 aliphatic rings.